The molecule has 61 heavy (non-hydrogen) atoms. The zero-order valence-corrected chi connectivity index (χ0v) is 35.8. The Kier molecular flexibility index (Phi) is 8.69. The molecule has 0 spiro atoms. The van der Waals surface area contributed by atoms with Crippen molar-refractivity contribution in [1.29, 1.82) is 0 Å². The van der Waals surface area contributed by atoms with Crippen LogP contribution in [-0.4, -0.2) is 6.61 Å². The van der Waals surface area contributed by atoms with Crippen molar-refractivity contribution in [2.45, 2.75) is 58.3 Å². The van der Waals surface area contributed by atoms with E-state index in [0.29, 0.717) is 0 Å². The summed E-state index contributed by atoms with van der Waals surface area (Å²) in [5, 5.41) is 5.11. The molecule has 1 heteroatoms. The molecule has 2 aliphatic carbocycles. The van der Waals surface area contributed by atoms with Gasteiger partial charge in [-0.2, -0.15) is 0 Å². The first-order chi connectivity index (χ1) is 29.7. The van der Waals surface area contributed by atoms with Gasteiger partial charge >= 0.3 is 0 Å². The molecule has 11 rings (SSSR count). The number of rotatable bonds is 8. The highest BCUT2D eigenvalue weighted by Crippen LogP contribution is 2.54. The Morgan fingerprint density at radius 2 is 0.738 bits per heavy atom. The van der Waals surface area contributed by atoms with E-state index in [1.165, 1.54) is 111 Å². The summed E-state index contributed by atoms with van der Waals surface area (Å²) >= 11 is 0. The first kappa shape index (κ1) is 37.3. The third-order valence-electron chi connectivity index (χ3n) is 13.9. The maximum atomic E-state index is 6.15. The van der Waals surface area contributed by atoms with Gasteiger partial charge in [0.2, 0.25) is 0 Å². The first-order valence-corrected chi connectivity index (χ1v) is 22.0. The van der Waals surface area contributed by atoms with Gasteiger partial charge in [0.05, 0.1) is 6.61 Å². The van der Waals surface area contributed by atoms with Gasteiger partial charge in [-0.1, -0.05) is 187 Å². The summed E-state index contributed by atoms with van der Waals surface area (Å²) in [5.74, 6) is 0.972. The van der Waals surface area contributed by atoms with Crippen LogP contribution < -0.4 is 4.74 Å². The Hall–Kier alpha value is -6.70. The van der Waals surface area contributed by atoms with E-state index >= 15 is 0 Å². The second-order valence-electron chi connectivity index (χ2n) is 18.2. The highest BCUT2D eigenvalue weighted by Gasteiger charge is 2.38. The molecule has 0 radical (unpaired) electrons. The Labute approximate surface area is 360 Å². The lowest BCUT2D eigenvalue weighted by Gasteiger charge is -2.24. The van der Waals surface area contributed by atoms with Crippen LogP contribution in [-0.2, 0) is 10.8 Å². The van der Waals surface area contributed by atoms with Crippen LogP contribution >= 0.6 is 0 Å². The van der Waals surface area contributed by atoms with Crippen LogP contribution in [0, 0.1) is 0 Å². The SMILES string of the molecule is CCCCOc1ccc2c(c1)C(C)(C)c1cc(-c3ccc4c(c3)C(C)(C)c3cc(-c5c6ccccc6c(-c6ccc(-c7ccccc7)cc6)c6ccccc56)ccc3-4)ccc1-2. The molecule has 0 bridgehead atoms. The summed E-state index contributed by atoms with van der Waals surface area (Å²) in [6.45, 7) is 12.5. The summed E-state index contributed by atoms with van der Waals surface area (Å²) in [7, 11) is 0. The van der Waals surface area contributed by atoms with Gasteiger partial charge in [0.25, 0.3) is 0 Å². The summed E-state index contributed by atoms with van der Waals surface area (Å²) < 4.78 is 6.15. The Bertz CT molecular complexity index is 3120. The molecular weight excluding hydrogens is 737 g/mol. The van der Waals surface area contributed by atoms with Crippen molar-refractivity contribution in [1.82, 2.24) is 0 Å². The number of hydrogen-bond donors (Lipinski definition) is 0. The normalized spacial score (nSPS) is 14.1. The quantitative estimate of drug-likeness (QED) is 0.110. The lowest BCUT2D eigenvalue weighted by Crippen LogP contribution is -2.15. The average molecular weight is 787 g/mol. The summed E-state index contributed by atoms with van der Waals surface area (Å²) in [5.41, 5.74) is 20.6. The molecule has 0 aromatic heterocycles. The molecule has 9 aromatic carbocycles. The van der Waals surface area contributed by atoms with Gasteiger partial charge in [-0.3, -0.25) is 0 Å². The standard InChI is InChI=1S/C60H50O/c1-6-7-33-61-44-28-32-48-46-30-26-42(35-54(46)60(4,5)56(48)37-44)41-25-29-45-47-31-27-43(36-55(47)59(2,3)53(45)34-41)58-51-19-13-11-17-49(51)57(50-18-12-14-20-52(50)58)40-23-21-39(22-24-40)38-15-9-8-10-16-38/h8-32,34-37H,6-7,33H2,1-5H3. The number of hydrogen-bond acceptors (Lipinski definition) is 1. The average Bonchev–Trinajstić information content (AvgIpc) is 3.66. The number of benzene rings is 9. The van der Waals surface area contributed by atoms with Gasteiger partial charge in [-0.15, -0.1) is 0 Å². The maximum absolute atomic E-state index is 6.15. The molecule has 1 nitrogen and oxygen atoms in total. The number of ether oxygens (including phenoxy) is 1. The molecule has 0 fully saturated rings. The Morgan fingerprint density at radius 3 is 1.25 bits per heavy atom. The molecule has 0 saturated carbocycles. The minimum absolute atomic E-state index is 0.118. The molecule has 296 valence electrons. The zero-order valence-electron chi connectivity index (χ0n) is 35.8. The van der Waals surface area contributed by atoms with E-state index in [9.17, 15) is 0 Å². The Balaban J connectivity index is 0.970. The minimum atomic E-state index is -0.177. The fourth-order valence-corrected chi connectivity index (χ4v) is 10.6. The van der Waals surface area contributed by atoms with E-state index in [0.717, 1.165) is 25.2 Å². The fourth-order valence-electron chi connectivity index (χ4n) is 10.6. The molecular formula is C60H50O. The van der Waals surface area contributed by atoms with Crippen LogP contribution in [0.15, 0.2) is 176 Å². The third kappa shape index (κ3) is 5.89. The van der Waals surface area contributed by atoms with Crippen LogP contribution in [0.1, 0.15) is 69.7 Å². The highest BCUT2D eigenvalue weighted by atomic mass is 16.5. The van der Waals surface area contributed by atoms with Gasteiger partial charge in [-0.25, -0.2) is 0 Å². The van der Waals surface area contributed by atoms with Gasteiger partial charge in [0.1, 0.15) is 5.75 Å². The van der Waals surface area contributed by atoms with Crippen LogP contribution in [0.3, 0.4) is 0 Å². The monoisotopic (exact) mass is 786 g/mol. The fraction of sp³-hybridized carbons (Fsp3) is 0.167. The third-order valence-corrected chi connectivity index (χ3v) is 13.9. The Morgan fingerprint density at radius 1 is 0.361 bits per heavy atom. The second-order valence-corrected chi connectivity index (χ2v) is 18.2. The van der Waals surface area contributed by atoms with Crippen molar-refractivity contribution in [3.05, 3.63) is 198 Å². The summed E-state index contributed by atoms with van der Waals surface area (Å²) in [4.78, 5) is 0. The molecule has 0 N–H and O–H groups in total. The predicted octanol–water partition coefficient (Wildman–Crippen LogP) is 16.5. The van der Waals surface area contributed by atoms with Gasteiger partial charge in [0.15, 0.2) is 0 Å². The topological polar surface area (TPSA) is 9.23 Å². The van der Waals surface area contributed by atoms with Crippen molar-refractivity contribution in [3.8, 4) is 72.5 Å². The van der Waals surface area contributed by atoms with Crippen LogP contribution in [0.5, 0.6) is 5.75 Å². The predicted molar refractivity (Wildman–Crippen MR) is 259 cm³/mol. The smallest absolute Gasteiger partial charge is 0.119 e. The van der Waals surface area contributed by atoms with Crippen molar-refractivity contribution < 1.29 is 4.74 Å². The van der Waals surface area contributed by atoms with Crippen LogP contribution in [0.25, 0.3) is 88.3 Å². The van der Waals surface area contributed by atoms with Crippen LogP contribution in [0.2, 0.25) is 0 Å². The van der Waals surface area contributed by atoms with Crippen molar-refractivity contribution in [3.63, 3.8) is 0 Å². The first-order valence-electron chi connectivity index (χ1n) is 22.0. The van der Waals surface area contributed by atoms with E-state index in [1.54, 1.807) is 0 Å². The van der Waals surface area contributed by atoms with Crippen LogP contribution in [0.4, 0.5) is 0 Å². The minimum Gasteiger partial charge on any atom is -0.494 e. The second kappa shape index (κ2) is 14.2. The van der Waals surface area contributed by atoms with Gasteiger partial charge < -0.3 is 4.74 Å². The highest BCUT2D eigenvalue weighted by molar-refractivity contribution is 6.21. The lowest BCUT2D eigenvalue weighted by molar-refractivity contribution is 0.309. The van der Waals surface area contributed by atoms with E-state index < -0.39 is 0 Å². The molecule has 0 saturated heterocycles. The van der Waals surface area contributed by atoms with Crippen molar-refractivity contribution in [2.75, 3.05) is 6.61 Å². The molecule has 0 atom stereocenters. The number of fused-ring (bicyclic) bond motifs is 8. The lowest BCUT2D eigenvalue weighted by atomic mass is 9.79. The molecule has 0 aliphatic heterocycles. The van der Waals surface area contributed by atoms with Gasteiger partial charge in [-0.05, 0) is 147 Å². The molecule has 0 heterocycles. The molecule has 9 aromatic rings. The van der Waals surface area contributed by atoms with Crippen molar-refractivity contribution in [2.24, 2.45) is 0 Å². The van der Waals surface area contributed by atoms with Crippen molar-refractivity contribution >= 4 is 21.5 Å². The molecule has 0 amide bonds. The van der Waals surface area contributed by atoms with Gasteiger partial charge in [0, 0.05) is 10.8 Å². The zero-order chi connectivity index (χ0) is 41.5. The van der Waals surface area contributed by atoms with E-state index in [1.807, 2.05) is 0 Å². The maximum Gasteiger partial charge on any atom is 0.119 e. The van der Waals surface area contributed by atoms with E-state index in [-0.39, 0.29) is 10.8 Å². The summed E-state index contributed by atoms with van der Waals surface area (Å²) in [6.07, 6.45) is 2.20. The largest absolute Gasteiger partial charge is 0.494 e. The van der Waals surface area contributed by atoms with E-state index in [4.69, 9.17) is 4.74 Å². The summed E-state index contributed by atoms with van der Waals surface area (Å²) in [6, 6.07) is 65.9. The molecule has 2 aliphatic rings. The van der Waals surface area contributed by atoms with E-state index in [2.05, 4.69) is 211 Å². The molecule has 0 unspecified atom stereocenters. The number of unbranched alkanes of at least 4 members (excludes halogenated alkanes) is 1.